The second-order valence-corrected chi connectivity index (χ2v) is 4.17. The smallest absolute Gasteiger partial charge is 0.412 e. The van der Waals surface area contributed by atoms with Crippen LogP contribution in [0.15, 0.2) is 18.2 Å². The van der Waals surface area contributed by atoms with E-state index in [0.717, 1.165) is 24.2 Å². The van der Waals surface area contributed by atoms with Crippen LogP contribution in [0.5, 0.6) is 5.75 Å². The molecular formula is C11H12N2O3. The normalized spacial score (nSPS) is 27.4. The monoisotopic (exact) mass is 220 g/mol. The van der Waals surface area contributed by atoms with Gasteiger partial charge >= 0.3 is 6.09 Å². The molecule has 0 aromatic heterocycles. The molecule has 16 heavy (non-hydrogen) atoms. The molecular weight excluding hydrogens is 208 g/mol. The molecule has 1 amide bonds. The third kappa shape index (κ3) is 1.25. The molecule has 0 saturated carbocycles. The number of ether oxygens (including phenoxy) is 1. The van der Waals surface area contributed by atoms with Gasteiger partial charge in [-0.1, -0.05) is 0 Å². The number of carbonyl (C=O) groups is 1. The molecule has 1 aromatic carbocycles. The number of phenols is 1. The summed E-state index contributed by atoms with van der Waals surface area (Å²) < 4.78 is 5.39. The standard InChI is InChI=1S/C11H12N2O3/c14-7-1-2-9-8(5-7)11(3-4-12-6-11)16-10(15)13-9/h1-2,5,12,14H,3-4,6H2,(H,13,15). The van der Waals surface area contributed by atoms with Gasteiger partial charge < -0.3 is 15.2 Å². The summed E-state index contributed by atoms with van der Waals surface area (Å²) in [7, 11) is 0. The van der Waals surface area contributed by atoms with E-state index in [-0.39, 0.29) is 5.75 Å². The Morgan fingerprint density at radius 3 is 3.06 bits per heavy atom. The van der Waals surface area contributed by atoms with E-state index in [4.69, 9.17) is 4.74 Å². The number of hydrogen-bond acceptors (Lipinski definition) is 4. The molecule has 1 fully saturated rings. The average molecular weight is 220 g/mol. The molecule has 84 valence electrons. The van der Waals surface area contributed by atoms with Gasteiger partial charge in [-0.2, -0.15) is 0 Å². The second kappa shape index (κ2) is 3.12. The van der Waals surface area contributed by atoms with Gasteiger partial charge in [0.1, 0.15) is 5.75 Å². The zero-order valence-corrected chi connectivity index (χ0v) is 8.62. The van der Waals surface area contributed by atoms with Crippen LogP contribution < -0.4 is 10.6 Å². The molecule has 1 atom stereocenters. The van der Waals surface area contributed by atoms with Crippen LogP contribution in [0, 0.1) is 0 Å². The molecule has 1 spiro atoms. The lowest BCUT2D eigenvalue weighted by molar-refractivity contribution is 0.0276. The number of carbonyl (C=O) groups excluding carboxylic acids is 1. The number of aromatic hydroxyl groups is 1. The number of nitrogens with one attached hydrogen (secondary N) is 2. The predicted octanol–water partition coefficient (Wildman–Crippen LogP) is 1.14. The summed E-state index contributed by atoms with van der Waals surface area (Å²) in [6.45, 7) is 1.40. The SMILES string of the molecule is O=C1Nc2ccc(O)cc2C2(CCNC2)O1. The number of anilines is 1. The zero-order valence-electron chi connectivity index (χ0n) is 8.62. The van der Waals surface area contributed by atoms with Gasteiger partial charge in [0.15, 0.2) is 5.60 Å². The maximum Gasteiger partial charge on any atom is 0.412 e. The quantitative estimate of drug-likeness (QED) is 0.573. The lowest BCUT2D eigenvalue weighted by atomic mass is 9.90. The number of amides is 1. The fourth-order valence-corrected chi connectivity index (χ4v) is 2.37. The number of rotatable bonds is 0. The first-order valence-electron chi connectivity index (χ1n) is 5.24. The highest BCUT2D eigenvalue weighted by Gasteiger charge is 2.44. The van der Waals surface area contributed by atoms with Crippen LogP contribution in [0.1, 0.15) is 12.0 Å². The summed E-state index contributed by atoms with van der Waals surface area (Å²) in [6, 6.07) is 4.91. The van der Waals surface area contributed by atoms with Crippen molar-refractivity contribution in [1.82, 2.24) is 5.32 Å². The Balaban J connectivity index is 2.16. The van der Waals surface area contributed by atoms with Gasteiger partial charge in [0.05, 0.1) is 5.69 Å². The van der Waals surface area contributed by atoms with E-state index in [1.54, 1.807) is 18.2 Å². The molecule has 1 saturated heterocycles. The Kier molecular flexibility index (Phi) is 1.85. The van der Waals surface area contributed by atoms with Crippen molar-refractivity contribution in [3.8, 4) is 5.75 Å². The van der Waals surface area contributed by atoms with Gasteiger partial charge in [-0.15, -0.1) is 0 Å². The number of benzene rings is 1. The first kappa shape index (κ1) is 9.47. The molecule has 1 unspecified atom stereocenters. The first-order chi connectivity index (χ1) is 7.70. The molecule has 2 aliphatic rings. The van der Waals surface area contributed by atoms with Gasteiger partial charge in [0, 0.05) is 18.5 Å². The topological polar surface area (TPSA) is 70.6 Å². The zero-order chi connectivity index (χ0) is 11.2. The van der Waals surface area contributed by atoms with Crippen LogP contribution in [-0.4, -0.2) is 24.3 Å². The Bertz CT molecular complexity index is 453. The Hall–Kier alpha value is -1.75. The highest BCUT2D eigenvalue weighted by Crippen LogP contribution is 2.41. The van der Waals surface area contributed by atoms with E-state index in [1.807, 2.05) is 0 Å². The fourth-order valence-electron chi connectivity index (χ4n) is 2.37. The lowest BCUT2D eigenvalue weighted by Crippen LogP contribution is -2.41. The summed E-state index contributed by atoms with van der Waals surface area (Å²) in [5, 5.41) is 15.3. The summed E-state index contributed by atoms with van der Waals surface area (Å²) >= 11 is 0. The molecule has 0 bridgehead atoms. The van der Waals surface area contributed by atoms with Gasteiger partial charge in [0.2, 0.25) is 0 Å². The van der Waals surface area contributed by atoms with Crippen LogP contribution in [0.2, 0.25) is 0 Å². The molecule has 0 aliphatic carbocycles. The van der Waals surface area contributed by atoms with E-state index >= 15 is 0 Å². The minimum absolute atomic E-state index is 0.185. The molecule has 0 radical (unpaired) electrons. The summed E-state index contributed by atoms with van der Waals surface area (Å²) in [6.07, 6.45) is 0.304. The van der Waals surface area contributed by atoms with Crippen molar-refractivity contribution in [3.63, 3.8) is 0 Å². The highest BCUT2D eigenvalue weighted by atomic mass is 16.6. The van der Waals surface area contributed by atoms with Gasteiger partial charge in [-0.05, 0) is 24.7 Å². The molecule has 3 N–H and O–H groups in total. The minimum atomic E-state index is -0.615. The summed E-state index contributed by atoms with van der Waals surface area (Å²) in [5.41, 5.74) is 0.950. The molecule has 2 aliphatic heterocycles. The largest absolute Gasteiger partial charge is 0.508 e. The maximum atomic E-state index is 11.4. The van der Waals surface area contributed by atoms with Crippen LogP contribution in [0.4, 0.5) is 10.5 Å². The first-order valence-corrected chi connectivity index (χ1v) is 5.24. The second-order valence-electron chi connectivity index (χ2n) is 4.17. The molecule has 5 nitrogen and oxygen atoms in total. The van der Waals surface area contributed by atoms with Crippen LogP contribution in [0.25, 0.3) is 0 Å². The van der Waals surface area contributed by atoms with E-state index in [9.17, 15) is 9.90 Å². The van der Waals surface area contributed by atoms with Crippen molar-refractivity contribution in [2.75, 3.05) is 18.4 Å². The van der Waals surface area contributed by atoms with Crippen molar-refractivity contribution in [2.45, 2.75) is 12.0 Å². The van der Waals surface area contributed by atoms with Crippen LogP contribution >= 0.6 is 0 Å². The van der Waals surface area contributed by atoms with Gasteiger partial charge in [-0.3, -0.25) is 5.32 Å². The fraction of sp³-hybridized carbons (Fsp3) is 0.364. The van der Waals surface area contributed by atoms with Crippen LogP contribution in [0.3, 0.4) is 0 Å². The minimum Gasteiger partial charge on any atom is -0.508 e. The third-order valence-electron chi connectivity index (χ3n) is 3.13. The van der Waals surface area contributed by atoms with Crippen molar-refractivity contribution in [2.24, 2.45) is 0 Å². The van der Waals surface area contributed by atoms with E-state index in [2.05, 4.69) is 10.6 Å². The average Bonchev–Trinajstić information content (AvgIpc) is 2.69. The van der Waals surface area contributed by atoms with E-state index < -0.39 is 11.7 Å². The van der Waals surface area contributed by atoms with E-state index in [1.165, 1.54) is 0 Å². The number of phenolic OH excluding ortho intramolecular Hbond substituents is 1. The van der Waals surface area contributed by atoms with Gasteiger partial charge in [-0.25, -0.2) is 4.79 Å². The van der Waals surface area contributed by atoms with Crippen molar-refractivity contribution in [1.29, 1.82) is 0 Å². The maximum absolute atomic E-state index is 11.4. The van der Waals surface area contributed by atoms with Crippen molar-refractivity contribution >= 4 is 11.8 Å². The number of hydrogen-bond donors (Lipinski definition) is 3. The molecule has 5 heteroatoms. The summed E-state index contributed by atoms with van der Waals surface area (Å²) in [4.78, 5) is 11.4. The number of fused-ring (bicyclic) bond motifs is 2. The Morgan fingerprint density at radius 1 is 1.44 bits per heavy atom. The lowest BCUT2D eigenvalue weighted by Gasteiger charge is -2.34. The highest BCUT2D eigenvalue weighted by molar-refractivity contribution is 5.89. The Labute approximate surface area is 92.4 Å². The Morgan fingerprint density at radius 2 is 2.31 bits per heavy atom. The molecule has 2 heterocycles. The molecule has 3 rings (SSSR count). The van der Waals surface area contributed by atoms with Gasteiger partial charge in [0.25, 0.3) is 0 Å². The van der Waals surface area contributed by atoms with Crippen LogP contribution in [-0.2, 0) is 10.3 Å². The predicted molar refractivity (Wildman–Crippen MR) is 57.4 cm³/mol. The molecule has 1 aromatic rings. The third-order valence-corrected chi connectivity index (χ3v) is 3.13. The summed E-state index contributed by atoms with van der Waals surface area (Å²) in [5.74, 6) is 0.185. The van der Waals surface area contributed by atoms with Crippen molar-refractivity contribution in [3.05, 3.63) is 23.8 Å². The van der Waals surface area contributed by atoms with Crippen molar-refractivity contribution < 1.29 is 14.6 Å². The van der Waals surface area contributed by atoms with E-state index in [0.29, 0.717) is 6.54 Å².